The first-order valence-corrected chi connectivity index (χ1v) is 11.2. The number of hydrogen-bond donors (Lipinski definition) is 0. The predicted octanol–water partition coefficient (Wildman–Crippen LogP) is 5.82. The van der Waals surface area contributed by atoms with Crippen LogP contribution in [0.3, 0.4) is 0 Å². The predicted molar refractivity (Wildman–Crippen MR) is 126 cm³/mol. The summed E-state index contributed by atoms with van der Waals surface area (Å²) in [5.74, 6) is 1.24. The molecule has 9 heteroatoms. The van der Waals surface area contributed by atoms with Crippen molar-refractivity contribution in [2.24, 2.45) is 5.10 Å². The molecule has 0 unspecified atom stereocenters. The van der Waals surface area contributed by atoms with Gasteiger partial charge in [-0.15, -0.1) is 11.3 Å². The van der Waals surface area contributed by atoms with Crippen molar-refractivity contribution >= 4 is 66.1 Å². The van der Waals surface area contributed by atoms with E-state index in [4.69, 9.17) is 9.47 Å². The third-order valence-corrected chi connectivity index (χ3v) is 6.79. The van der Waals surface area contributed by atoms with E-state index in [0.29, 0.717) is 10.0 Å². The summed E-state index contributed by atoms with van der Waals surface area (Å²) < 4.78 is 12.3. The Morgan fingerprint density at radius 3 is 2.43 bits per heavy atom. The molecular formula is C21H16BrN3O3S2. The van der Waals surface area contributed by atoms with Crippen LogP contribution in [0, 0.1) is 0 Å². The summed E-state index contributed by atoms with van der Waals surface area (Å²) in [4.78, 5) is 18.4. The van der Waals surface area contributed by atoms with E-state index in [9.17, 15) is 4.79 Å². The smallest absolute Gasteiger partial charge is 0.290 e. The van der Waals surface area contributed by atoms with Gasteiger partial charge in [-0.05, 0) is 76.1 Å². The molecule has 2 heterocycles. The molecule has 2 aromatic carbocycles. The normalized spacial score (nSPS) is 11.2. The largest absolute Gasteiger partial charge is 0.497 e. The van der Waals surface area contributed by atoms with Crippen LogP contribution in [0.15, 0.2) is 63.5 Å². The molecule has 0 atom stereocenters. The lowest BCUT2D eigenvalue weighted by Crippen LogP contribution is -2.24. The number of benzene rings is 2. The zero-order valence-corrected chi connectivity index (χ0v) is 19.3. The Kier molecular flexibility index (Phi) is 6.12. The molecule has 0 fully saturated rings. The van der Waals surface area contributed by atoms with Gasteiger partial charge in [0.2, 0.25) is 5.13 Å². The van der Waals surface area contributed by atoms with Crippen molar-refractivity contribution in [3.63, 3.8) is 0 Å². The number of hydrogen-bond acceptors (Lipinski definition) is 7. The van der Waals surface area contributed by atoms with Crippen LogP contribution in [0.25, 0.3) is 10.2 Å². The highest BCUT2D eigenvalue weighted by molar-refractivity contribution is 9.11. The first-order chi connectivity index (χ1) is 14.6. The lowest BCUT2D eigenvalue weighted by molar-refractivity contribution is 0.0991. The van der Waals surface area contributed by atoms with E-state index < -0.39 is 0 Å². The molecule has 6 nitrogen and oxygen atoms in total. The van der Waals surface area contributed by atoms with Crippen LogP contribution in [-0.4, -0.2) is 31.3 Å². The number of rotatable bonds is 6. The number of aromatic nitrogens is 1. The average Bonchev–Trinajstić information content (AvgIpc) is 3.39. The molecule has 0 spiro atoms. The lowest BCUT2D eigenvalue weighted by Gasteiger charge is -2.12. The molecule has 152 valence electrons. The van der Waals surface area contributed by atoms with Crippen molar-refractivity contribution in [3.8, 4) is 11.5 Å². The number of fused-ring (bicyclic) bond motifs is 1. The van der Waals surface area contributed by atoms with E-state index >= 15 is 0 Å². The van der Waals surface area contributed by atoms with Gasteiger partial charge in [-0.25, -0.2) is 4.98 Å². The van der Waals surface area contributed by atoms with E-state index in [-0.39, 0.29) is 5.91 Å². The number of ether oxygens (including phenoxy) is 2. The van der Waals surface area contributed by atoms with Crippen LogP contribution in [-0.2, 0) is 0 Å². The quantitative estimate of drug-likeness (QED) is 0.246. The van der Waals surface area contributed by atoms with Crippen molar-refractivity contribution in [2.45, 2.75) is 0 Å². The summed E-state index contributed by atoms with van der Waals surface area (Å²) in [7, 11) is 3.23. The summed E-state index contributed by atoms with van der Waals surface area (Å²) >= 11 is 6.14. The van der Waals surface area contributed by atoms with E-state index in [1.807, 2.05) is 48.5 Å². The van der Waals surface area contributed by atoms with Crippen LogP contribution in [0.4, 0.5) is 5.13 Å². The lowest BCUT2D eigenvalue weighted by atomic mass is 10.2. The average molecular weight is 502 g/mol. The fraction of sp³-hybridized carbons (Fsp3) is 0.0952. The Balaban J connectivity index is 1.72. The molecule has 0 radical (unpaired) electrons. The molecule has 0 bridgehead atoms. The number of thiophene rings is 1. The third-order valence-electron chi connectivity index (χ3n) is 4.18. The molecule has 0 saturated carbocycles. The van der Waals surface area contributed by atoms with Gasteiger partial charge in [-0.2, -0.15) is 10.1 Å². The van der Waals surface area contributed by atoms with Crippen molar-refractivity contribution < 1.29 is 14.3 Å². The molecule has 2 aromatic heterocycles. The number of methoxy groups -OCH3 is 2. The van der Waals surface area contributed by atoms with Crippen LogP contribution in [0.5, 0.6) is 11.5 Å². The Bertz CT molecular complexity index is 1220. The van der Waals surface area contributed by atoms with Gasteiger partial charge in [0, 0.05) is 0 Å². The van der Waals surface area contributed by atoms with Gasteiger partial charge in [0.15, 0.2) is 0 Å². The highest BCUT2D eigenvalue weighted by Gasteiger charge is 2.22. The van der Waals surface area contributed by atoms with Gasteiger partial charge in [0.05, 0.1) is 39.3 Å². The second-order valence-electron chi connectivity index (χ2n) is 6.07. The fourth-order valence-corrected chi connectivity index (χ4v) is 4.91. The van der Waals surface area contributed by atoms with E-state index in [2.05, 4.69) is 26.0 Å². The van der Waals surface area contributed by atoms with Crippen molar-refractivity contribution in [1.29, 1.82) is 0 Å². The van der Waals surface area contributed by atoms with Crippen molar-refractivity contribution in [2.75, 3.05) is 19.2 Å². The number of halogens is 1. The molecule has 30 heavy (non-hydrogen) atoms. The first-order valence-electron chi connectivity index (χ1n) is 8.80. The zero-order chi connectivity index (χ0) is 21.1. The fourth-order valence-electron chi connectivity index (χ4n) is 2.65. The number of nitrogens with zero attached hydrogens (tertiary/aromatic N) is 3. The van der Waals surface area contributed by atoms with Crippen molar-refractivity contribution in [3.05, 3.63) is 68.8 Å². The van der Waals surface area contributed by atoms with E-state index in [0.717, 1.165) is 31.1 Å². The van der Waals surface area contributed by atoms with Crippen LogP contribution < -0.4 is 14.5 Å². The van der Waals surface area contributed by atoms with Gasteiger partial charge in [-0.1, -0.05) is 11.3 Å². The Hall–Kier alpha value is -2.75. The highest BCUT2D eigenvalue weighted by Crippen LogP contribution is 2.33. The number of carbonyl (C=O) groups excluding carboxylic acids is 1. The zero-order valence-electron chi connectivity index (χ0n) is 16.0. The Morgan fingerprint density at radius 2 is 1.77 bits per heavy atom. The minimum Gasteiger partial charge on any atom is -0.497 e. The summed E-state index contributed by atoms with van der Waals surface area (Å²) in [5.41, 5.74) is 1.62. The van der Waals surface area contributed by atoms with Crippen LogP contribution in [0.1, 0.15) is 15.2 Å². The van der Waals surface area contributed by atoms with E-state index in [1.165, 1.54) is 27.7 Å². The molecule has 4 aromatic rings. The number of carbonyl (C=O) groups is 1. The number of thiazole rings is 1. The first kappa shape index (κ1) is 20.5. The van der Waals surface area contributed by atoms with Crippen LogP contribution in [0.2, 0.25) is 0 Å². The summed E-state index contributed by atoms with van der Waals surface area (Å²) in [6.45, 7) is 0. The second kappa shape index (κ2) is 8.95. The summed E-state index contributed by atoms with van der Waals surface area (Å²) in [6, 6.07) is 16.6. The molecule has 0 aliphatic rings. The second-order valence-corrected chi connectivity index (χ2v) is 9.54. The monoisotopic (exact) mass is 501 g/mol. The topological polar surface area (TPSA) is 64.0 Å². The van der Waals surface area contributed by atoms with Gasteiger partial charge in [0.1, 0.15) is 11.5 Å². The summed E-state index contributed by atoms with van der Waals surface area (Å²) in [6.07, 6.45) is 1.63. The van der Waals surface area contributed by atoms with Gasteiger partial charge >= 0.3 is 0 Å². The maximum atomic E-state index is 13.2. The van der Waals surface area contributed by atoms with Gasteiger partial charge < -0.3 is 9.47 Å². The standard InChI is InChI=1S/C21H16BrN3O3S2/c1-27-14-5-3-13(4-6-14)12-23-25(20(26)17-9-10-19(22)29-17)21-24-16-8-7-15(28-2)11-18(16)30-21/h3-12H,1-2H3/b23-12+. The summed E-state index contributed by atoms with van der Waals surface area (Å²) in [5, 5.41) is 6.29. The SMILES string of the molecule is COc1ccc(/C=N/N(C(=O)c2ccc(Br)s2)c2nc3ccc(OC)cc3s2)cc1. The minimum absolute atomic E-state index is 0.249. The molecule has 0 aliphatic heterocycles. The van der Waals surface area contributed by atoms with Gasteiger partial charge in [-0.3, -0.25) is 4.79 Å². The Labute approximate surface area is 189 Å². The Morgan fingerprint density at radius 1 is 1.03 bits per heavy atom. The molecular weight excluding hydrogens is 486 g/mol. The third kappa shape index (κ3) is 4.38. The maximum Gasteiger partial charge on any atom is 0.290 e. The van der Waals surface area contributed by atoms with Crippen LogP contribution >= 0.6 is 38.6 Å². The number of hydrazone groups is 1. The van der Waals surface area contributed by atoms with Crippen molar-refractivity contribution in [1.82, 2.24) is 4.98 Å². The molecule has 0 N–H and O–H groups in total. The molecule has 0 aliphatic carbocycles. The molecule has 4 rings (SSSR count). The minimum atomic E-state index is -0.249. The maximum absolute atomic E-state index is 13.2. The van der Waals surface area contributed by atoms with E-state index in [1.54, 1.807) is 26.5 Å². The highest BCUT2D eigenvalue weighted by atomic mass is 79.9. The molecule has 1 amide bonds. The number of anilines is 1. The molecule has 0 saturated heterocycles. The number of amides is 1. The van der Waals surface area contributed by atoms with Gasteiger partial charge in [0.25, 0.3) is 5.91 Å².